The largest absolute Gasteiger partial charge is 0.338 e. The van der Waals surface area contributed by atoms with Gasteiger partial charge < -0.3 is 10.2 Å². The molecular weight excluding hydrogens is 404 g/mol. The van der Waals surface area contributed by atoms with E-state index < -0.39 is 0 Å². The lowest BCUT2D eigenvalue weighted by atomic mass is 9.96. The van der Waals surface area contributed by atoms with Crippen molar-refractivity contribution < 1.29 is 9.59 Å². The van der Waals surface area contributed by atoms with Crippen LogP contribution in [0.2, 0.25) is 0 Å². The lowest BCUT2D eigenvalue weighted by Gasteiger charge is -2.32. The Kier molecular flexibility index (Phi) is 7.44. The first-order chi connectivity index (χ1) is 14.1. The zero-order valence-electron chi connectivity index (χ0n) is 17.2. The second-order valence-corrected chi connectivity index (χ2v) is 7.89. The van der Waals surface area contributed by atoms with Gasteiger partial charge in [-0.1, -0.05) is 18.2 Å². The van der Waals surface area contributed by atoms with E-state index in [1.165, 1.54) is 0 Å². The van der Waals surface area contributed by atoms with Crippen LogP contribution >= 0.6 is 12.4 Å². The van der Waals surface area contributed by atoms with Gasteiger partial charge in [-0.3, -0.25) is 14.9 Å². The smallest absolute Gasteiger partial charge is 0.253 e. The molecule has 30 heavy (non-hydrogen) atoms. The van der Waals surface area contributed by atoms with Crippen LogP contribution in [0.15, 0.2) is 30.3 Å². The molecule has 1 aromatic carbocycles. The minimum Gasteiger partial charge on any atom is -0.338 e. The Bertz CT molecular complexity index is 866. The van der Waals surface area contributed by atoms with Gasteiger partial charge >= 0.3 is 0 Å². The van der Waals surface area contributed by atoms with E-state index in [9.17, 15) is 9.59 Å². The topological polar surface area (TPSA) is 92.2 Å². The molecule has 1 atom stereocenters. The summed E-state index contributed by atoms with van der Waals surface area (Å²) in [5.41, 5.74) is 0.661. The number of amides is 2. The highest BCUT2D eigenvalue weighted by Crippen LogP contribution is 2.24. The summed E-state index contributed by atoms with van der Waals surface area (Å²) >= 11 is 0. The second kappa shape index (κ2) is 10.0. The fourth-order valence-corrected chi connectivity index (χ4v) is 4.12. The molecule has 8 nitrogen and oxygen atoms in total. The van der Waals surface area contributed by atoms with Crippen LogP contribution in [-0.2, 0) is 11.8 Å². The van der Waals surface area contributed by atoms with Gasteiger partial charge in [0.1, 0.15) is 0 Å². The third kappa shape index (κ3) is 4.99. The van der Waals surface area contributed by atoms with E-state index in [-0.39, 0.29) is 30.1 Å². The van der Waals surface area contributed by atoms with Crippen LogP contribution in [0.4, 0.5) is 5.95 Å². The van der Waals surface area contributed by atoms with E-state index in [0.717, 1.165) is 44.6 Å². The molecule has 0 radical (unpaired) electrons. The van der Waals surface area contributed by atoms with Crippen molar-refractivity contribution in [3.63, 3.8) is 0 Å². The van der Waals surface area contributed by atoms with Gasteiger partial charge in [-0.15, -0.1) is 12.4 Å². The number of carbonyl (C=O) groups is 2. The number of anilines is 1. The van der Waals surface area contributed by atoms with Gasteiger partial charge in [0.2, 0.25) is 11.9 Å². The number of piperidine rings is 2. The Balaban J connectivity index is 0.00000256. The molecule has 2 aliphatic rings. The summed E-state index contributed by atoms with van der Waals surface area (Å²) in [6.45, 7) is 3.05. The van der Waals surface area contributed by atoms with Crippen molar-refractivity contribution in [2.75, 3.05) is 31.5 Å². The molecular formula is C21H29ClN6O2. The van der Waals surface area contributed by atoms with Crippen molar-refractivity contribution in [1.82, 2.24) is 25.0 Å². The summed E-state index contributed by atoms with van der Waals surface area (Å²) in [5, 5.41) is 10.8. The summed E-state index contributed by atoms with van der Waals surface area (Å²) in [4.78, 5) is 32.0. The van der Waals surface area contributed by atoms with Gasteiger partial charge in [-0.2, -0.15) is 10.1 Å². The number of aryl methyl sites for hydroxylation is 1. The minimum atomic E-state index is -0.240. The van der Waals surface area contributed by atoms with Gasteiger partial charge in [0.25, 0.3) is 5.91 Å². The second-order valence-electron chi connectivity index (χ2n) is 7.89. The summed E-state index contributed by atoms with van der Waals surface area (Å²) in [5.74, 6) is 1.26. The van der Waals surface area contributed by atoms with E-state index in [1.807, 2.05) is 30.3 Å². The van der Waals surface area contributed by atoms with Crippen molar-refractivity contribution in [3.8, 4) is 0 Å². The molecule has 2 amide bonds. The van der Waals surface area contributed by atoms with Gasteiger partial charge in [0.05, 0.1) is 5.92 Å². The lowest BCUT2D eigenvalue weighted by molar-refractivity contribution is -0.121. The number of rotatable bonds is 4. The fraction of sp³-hybridized carbons (Fsp3) is 0.524. The molecule has 9 heteroatoms. The molecule has 3 heterocycles. The summed E-state index contributed by atoms with van der Waals surface area (Å²) in [6, 6.07) is 9.23. The molecule has 1 unspecified atom stereocenters. The monoisotopic (exact) mass is 432 g/mol. The number of likely N-dealkylation sites (tertiary alicyclic amines) is 1. The first kappa shape index (κ1) is 22.2. The standard InChI is InChI=1S/C21H28N6O2.ClH/c1-26-21(23-18(25-26)15-9-11-22-12-10-15)24-19(28)17-8-5-13-27(14-17)20(29)16-6-3-2-4-7-16;/h2-4,6-7,15,17,22H,5,8-14H2,1H3,(H,23,24,25,28);1H. The molecule has 0 spiro atoms. The van der Waals surface area contributed by atoms with E-state index in [4.69, 9.17) is 0 Å². The highest BCUT2D eigenvalue weighted by Gasteiger charge is 2.30. The quantitative estimate of drug-likeness (QED) is 0.772. The Morgan fingerprint density at radius 3 is 2.60 bits per heavy atom. The van der Waals surface area contributed by atoms with Crippen LogP contribution in [0.25, 0.3) is 0 Å². The minimum absolute atomic E-state index is 0. The van der Waals surface area contributed by atoms with Crippen LogP contribution in [0.3, 0.4) is 0 Å². The Hall–Kier alpha value is -2.45. The first-order valence-electron chi connectivity index (χ1n) is 10.4. The number of nitrogens with zero attached hydrogens (tertiary/aromatic N) is 4. The highest BCUT2D eigenvalue weighted by atomic mass is 35.5. The van der Waals surface area contributed by atoms with Crippen LogP contribution in [-0.4, -0.2) is 57.7 Å². The van der Waals surface area contributed by atoms with Gasteiger partial charge in [0.15, 0.2) is 5.82 Å². The molecule has 2 saturated heterocycles. The number of benzene rings is 1. The maximum Gasteiger partial charge on any atom is 0.253 e. The number of nitrogens with one attached hydrogen (secondary N) is 2. The predicted octanol–water partition coefficient (Wildman–Crippen LogP) is 2.19. The number of halogens is 1. The van der Waals surface area contributed by atoms with Crippen molar-refractivity contribution in [3.05, 3.63) is 41.7 Å². The summed E-state index contributed by atoms with van der Waals surface area (Å²) in [6.07, 6.45) is 3.60. The third-order valence-corrected chi connectivity index (χ3v) is 5.82. The number of aromatic nitrogens is 3. The molecule has 2 fully saturated rings. The Morgan fingerprint density at radius 1 is 1.13 bits per heavy atom. The number of hydrogen-bond acceptors (Lipinski definition) is 5. The van der Waals surface area contributed by atoms with E-state index in [1.54, 1.807) is 16.6 Å². The van der Waals surface area contributed by atoms with Gasteiger partial charge in [0, 0.05) is 31.6 Å². The lowest BCUT2D eigenvalue weighted by Crippen LogP contribution is -2.44. The highest BCUT2D eigenvalue weighted by molar-refractivity contribution is 5.95. The average Bonchev–Trinajstić information content (AvgIpc) is 3.14. The van der Waals surface area contributed by atoms with Crippen molar-refractivity contribution >= 4 is 30.2 Å². The summed E-state index contributed by atoms with van der Waals surface area (Å²) in [7, 11) is 1.80. The maximum absolute atomic E-state index is 12.9. The first-order valence-corrected chi connectivity index (χ1v) is 10.4. The molecule has 0 bridgehead atoms. The molecule has 4 rings (SSSR count). The number of carbonyl (C=O) groups excluding carboxylic acids is 2. The third-order valence-electron chi connectivity index (χ3n) is 5.82. The molecule has 2 aromatic rings. The zero-order chi connectivity index (χ0) is 20.2. The van der Waals surface area contributed by atoms with E-state index in [0.29, 0.717) is 30.5 Å². The normalized spacial score (nSPS) is 19.8. The maximum atomic E-state index is 12.9. The van der Waals surface area contributed by atoms with Crippen LogP contribution in [0, 0.1) is 5.92 Å². The molecule has 0 aliphatic carbocycles. The van der Waals surface area contributed by atoms with Crippen LogP contribution in [0.1, 0.15) is 47.8 Å². The Labute approximate surface area is 182 Å². The molecule has 1 aromatic heterocycles. The van der Waals surface area contributed by atoms with Gasteiger partial charge in [-0.25, -0.2) is 4.68 Å². The van der Waals surface area contributed by atoms with Crippen molar-refractivity contribution in [1.29, 1.82) is 0 Å². The van der Waals surface area contributed by atoms with Crippen LogP contribution < -0.4 is 10.6 Å². The van der Waals surface area contributed by atoms with Crippen molar-refractivity contribution in [2.45, 2.75) is 31.6 Å². The molecule has 2 aliphatic heterocycles. The van der Waals surface area contributed by atoms with Gasteiger partial charge in [-0.05, 0) is 50.9 Å². The molecule has 0 saturated carbocycles. The fourth-order valence-electron chi connectivity index (χ4n) is 4.12. The summed E-state index contributed by atoms with van der Waals surface area (Å²) < 4.78 is 1.64. The SMILES string of the molecule is Cl.Cn1nc(C2CCNCC2)nc1NC(=O)C1CCCN(C(=O)c2ccccc2)C1. The van der Waals surface area contributed by atoms with Crippen molar-refractivity contribution in [2.24, 2.45) is 13.0 Å². The number of hydrogen-bond donors (Lipinski definition) is 2. The van der Waals surface area contributed by atoms with Crippen LogP contribution in [0.5, 0.6) is 0 Å². The zero-order valence-corrected chi connectivity index (χ0v) is 18.0. The predicted molar refractivity (Wildman–Crippen MR) is 117 cm³/mol. The molecule has 2 N–H and O–H groups in total. The Morgan fingerprint density at radius 2 is 1.87 bits per heavy atom. The molecule has 162 valence electrons. The average molecular weight is 433 g/mol. The van der Waals surface area contributed by atoms with E-state index >= 15 is 0 Å². The van der Waals surface area contributed by atoms with E-state index in [2.05, 4.69) is 20.7 Å².